The Kier molecular flexibility index (Phi) is 4.07. The van der Waals surface area contributed by atoms with Gasteiger partial charge < -0.3 is 10.6 Å². The first-order valence-electron chi connectivity index (χ1n) is 5.93. The Labute approximate surface area is 117 Å². The molecule has 0 heterocycles. The van der Waals surface area contributed by atoms with Crippen LogP contribution in [0.2, 0.25) is 5.02 Å². The molecule has 2 aromatic carbocycles. The van der Waals surface area contributed by atoms with Gasteiger partial charge in [0.2, 0.25) is 5.91 Å². The van der Waals surface area contributed by atoms with Crippen molar-refractivity contribution >= 4 is 28.9 Å². The average Bonchev–Trinajstić information content (AvgIpc) is 2.41. The van der Waals surface area contributed by atoms with Crippen molar-refractivity contribution in [1.82, 2.24) is 0 Å². The molecule has 0 bridgehead atoms. The zero-order valence-corrected chi connectivity index (χ0v) is 11.4. The number of halogens is 1. The first-order valence-corrected chi connectivity index (χ1v) is 6.30. The second-order valence-corrected chi connectivity index (χ2v) is 4.78. The molecule has 2 aromatic rings. The summed E-state index contributed by atoms with van der Waals surface area (Å²) >= 11 is 5.81. The Morgan fingerprint density at radius 2 is 1.68 bits per heavy atom. The minimum absolute atomic E-state index is 0.0205. The highest BCUT2D eigenvalue weighted by molar-refractivity contribution is 6.30. The van der Waals surface area contributed by atoms with Gasteiger partial charge in [-0.3, -0.25) is 4.79 Å². The van der Waals surface area contributed by atoms with Gasteiger partial charge >= 0.3 is 0 Å². The van der Waals surface area contributed by atoms with Gasteiger partial charge in [-0.2, -0.15) is 0 Å². The molecule has 0 aliphatic carbocycles. The van der Waals surface area contributed by atoms with Crippen LogP contribution in [0.5, 0.6) is 0 Å². The number of carbonyl (C=O) groups is 1. The van der Waals surface area contributed by atoms with Crippen LogP contribution in [-0.4, -0.2) is 13.0 Å². The molecule has 0 radical (unpaired) electrons. The summed E-state index contributed by atoms with van der Waals surface area (Å²) < 4.78 is 0. The number of anilines is 2. The van der Waals surface area contributed by atoms with Crippen molar-refractivity contribution in [1.29, 1.82) is 0 Å². The van der Waals surface area contributed by atoms with Crippen LogP contribution in [0, 0.1) is 0 Å². The van der Waals surface area contributed by atoms with Gasteiger partial charge in [0.1, 0.15) is 0 Å². The van der Waals surface area contributed by atoms with E-state index in [0.29, 0.717) is 17.1 Å². The predicted octanol–water partition coefficient (Wildman–Crippen LogP) is 3.13. The van der Waals surface area contributed by atoms with Crippen LogP contribution in [0.1, 0.15) is 5.56 Å². The van der Waals surface area contributed by atoms with Crippen LogP contribution < -0.4 is 10.6 Å². The average molecular weight is 275 g/mol. The summed E-state index contributed by atoms with van der Waals surface area (Å²) in [6.45, 7) is 0. The Hall–Kier alpha value is -2.00. The van der Waals surface area contributed by atoms with E-state index >= 15 is 0 Å². The van der Waals surface area contributed by atoms with Crippen LogP contribution in [-0.2, 0) is 11.2 Å². The SMILES string of the molecule is CN(C(=O)Cc1ccc(Cl)cc1)c1ccc(N)cc1. The summed E-state index contributed by atoms with van der Waals surface area (Å²) in [4.78, 5) is 13.8. The minimum atomic E-state index is 0.0205. The van der Waals surface area contributed by atoms with Gasteiger partial charge in [-0.05, 0) is 42.0 Å². The van der Waals surface area contributed by atoms with E-state index in [1.54, 1.807) is 36.2 Å². The van der Waals surface area contributed by atoms with Gasteiger partial charge in [-0.1, -0.05) is 23.7 Å². The summed E-state index contributed by atoms with van der Waals surface area (Å²) in [7, 11) is 1.75. The molecular weight excluding hydrogens is 260 g/mol. The van der Waals surface area contributed by atoms with Crippen molar-refractivity contribution in [3.8, 4) is 0 Å². The monoisotopic (exact) mass is 274 g/mol. The molecule has 3 nitrogen and oxygen atoms in total. The highest BCUT2D eigenvalue weighted by Gasteiger charge is 2.11. The van der Waals surface area contributed by atoms with Crippen LogP contribution in [0.25, 0.3) is 0 Å². The molecule has 2 N–H and O–H groups in total. The van der Waals surface area contributed by atoms with E-state index in [2.05, 4.69) is 0 Å². The molecule has 0 atom stereocenters. The van der Waals surface area contributed by atoms with E-state index in [-0.39, 0.29) is 5.91 Å². The summed E-state index contributed by atoms with van der Waals surface area (Å²) in [5, 5.41) is 0.670. The highest BCUT2D eigenvalue weighted by Crippen LogP contribution is 2.16. The number of nitrogens with zero attached hydrogens (tertiary/aromatic N) is 1. The largest absolute Gasteiger partial charge is 0.399 e. The van der Waals surface area contributed by atoms with E-state index in [0.717, 1.165) is 11.3 Å². The van der Waals surface area contributed by atoms with E-state index in [9.17, 15) is 4.79 Å². The Morgan fingerprint density at radius 3 is 2.26 bits per heavy atom. The number of hydrogen-bond donors (Lipinski definition) is 1. The first-order chi connectivity index (χ1) is 9.06. The van der Waals surface area contributed by atoms with Crippen molar-refractivity contribution in [2.24, 2.45) is 0 Å². The molecule has 19 heavy (non-hydrogen) atoms. The quantitative estimate of drug-likeness (QED) is 0.874. The molecular formula is C15H15ClN2O. The molecule has 0 aliphatic rings. The number of amides is 1. The van der Waals surface area contributed by atoms with Gasteiger partial charge in [0.05, 0.1) is 6.42 Å². The minimum Gasteiger partial charge on any atom is -0.399 e. The fraction of sp³-hybridized carbons (Fsp3) is 0.133. The lowest BCUT2D eigenvalue weighted by atomic mass is 10.1. The Balaban J connectivity index is 2.07. The maximum Gasteiger partial charge on any atom is 0.231 e. The zero-order valence-electron chi connectivity index (χ0n) is 10.6. The third-order valence-corrected chi connectivity index (χ3v) is 3.18. The molecule has 0 aliphatic heterocycles. The van der Waals surface area contributed by atoms with Gasteiger partial charge in [-0.25, -0.2) is 0 Å². The lowest BCUT2D eigenvalue weighted by Gasteiger charge is -2.17. The molecule has 0 unspecified atom stereocenters. The van der Waals surface area contributed by atoms with Crippen molar-refractivity contribution in [3.05, 3.63) is 59.1 Å². The maximum absolute atomic E-state index is 12.1. The number of benzene rings is 2. The first kappa shape index (κ1) is 13.4. The van der Waals surface area contributed by atoms with Crippen molar-refractivity contribution in [2.75, 3.05) is 17.7 Å². The van der Waals surface area contributed by atoms with E-state index in [1.165, 1.54) is 0 Å². The Morgan fingerprint density at radius 1 is 1.11 bits per heavy atom. The van der Waals surface area contributed by atoms with Crippen LogP contribution in [0.15, 0.2) is 48.5 Å². The fourth-order valence-corrected chi connectivity index (χ4v) is 1.86. The summed E-state index contributed by atoms with van der Waals surface area (Å²) in [5.74, 6) is 0.0205. The van der Waals surface area contributed by atoms with Gasteiger partial charge in [-0.15, -0.1) is 0 Å². The predicted molar refractivity (Wildman–Crippen MR) is 79.4 cm³/mol. The lowest BCUT2D eigenvalue weighted by molar-refractivity contribution is -0.117. The number of hydrogen-bond acceptors (Lipinski definition) is 2. The molecule has 2 rings (SSSR count). The number of rotatable bonds is 3. The highest BCUT2D eigenvalue weighted by atomic mass is 35.5. The molecule has 4 heteroatoms. The maximum atomic E-state index is 12.1. The molecule has 98 valence electrons. The van der Waals surface area contributed by atoms with Crippen LogP contribution in [0.4, 0.5) is 11.4 Å². The molecule has 0 saturated carbocycles. The molecule has 0 fully saturated rings. The molecule has 1 amide bonds. The topological polar surface area (TPSA) is 46.3 Å². The smallest absolute Gasteiger partial charge is 0.231 e. The second-order valence-electron chi connectivity index (χ2n) is 4.35. The normalized spacial score (nSPS) is 10.2. The molecule has 0 aromatic heterocycles. The third kappa shape index (κ3) is 3.48. The summed E-state index contributed by atoms with van der Waals surface area (Å²) in [6.07, 6.45) is 0.345. The third-order valence-electron chi connectivity index (χ3n) is 2.92. The van der Waals surface area contributed by atoms with Crippen molar-refractivity contribution in [3.63, 3.8) is 0 Å². The molecule has 0 spiro atoms. The van der Waals surface area contributed by atoms with Crippen LogP contribution in [0.3, 0.4) is 0 Å². The van der Waals surface area contributed by atoms with Crippen molar-refractivity contribution < 1.29 is 4.79 Å². The van der Waals surface area contributed by atoms with Gasteiger partial charge in [0, 0.05) is 23.4 Å². The van der Waals surface area contributed by atoms with Crippen molar-refractivity contribution in [2.45, 2.75) is 6.42 Å². The number of nitrogens with two attached hydrogens (primary N) is 1. The molecule has 0 saturated heterocycles. The van der Waals surface area contributed by atoms with Crippen LogP contribution >= 0.6 is 11.6 Å². The van der Waals surface area contributed by atoms with Gasteiger partial charge in [0.15, 0.2) is 0 Å². The Bertz CT molecular complexity index is 564. The number of likely N-dealkylation sites (N-methyl/N-ethyl adjacent to an activating group) is 1. The standard InChI is InChI=1S/C15H15ClN2O/c1-18(14-8-6-13(17)7-9-14)15(19)10-11-2-4-12(16)5-3-11/h2-9H,10,17H2,1H3. The summed E-state index contributed by atoms with van der Waals surface area (Å²) in [6, 6.07) is 14.5. The lowest BCUT2D eigenvalue weighted by Crippen LogP contribution is -2.27. The zero-order chi connectivity index (χ0) is 13.8. The van der Waals surface area contributed by atoms with E-state index in [4.69, 9.17) is 17.3 Å². The van der Waals surface area contributed by atoms with E-state index in [1.807, 2.05) is 24.3 Å². The van der Waals surface area contributed by atoms with E-state index < -0.39 is 0 Å². The fourth-order valence-electron chi connectivity index (χ4n) is 1.74. The number of carbonyl (C=O) groups excluding carboxylic acids is 1. The number of nitrogen functional groups attached to an aromatic ring is 1. The second kappa shape index (κ2) is 5.76. The van der Waals surface area contributed by atoms with Gasteiger partial charge in [0.25, 0.3) is 0 Å². The summed E-state index contributed by atoms with van der Waals surface area (Å²) in [5.41, 5.74) is 8.08.